The Kier molecular flexibility index (Phi) is 5.07. The summed E-state index contributed by atoms with van der Waals surface area (Å²) in [4.78, 5) is 2.56. The molecule has 2 rings (SSSR count). The normalized spacial score (nSPS) is 29.4. The number of piperidine rings is 2. The van der Waals surface area contributed by atoms with Crippen molar-refractivity contribution in [2.75, 3.05) is 39.3 Å². The van der Waals surface area contributed by atoms with Crippen LogP contribution in [-0.4, -0.2) is 50.2 Å². The first-order valence-corrected chi connectivity index (χ1v) is 7.05. The maximum absolute atomic E-state index is 3.77. The monoisotopic (exact) mass is 225 g/mol. The number of nitrogens with zero attached hydrogens (tertiary/aromatic N) is 1. The lowest BCUT2D eigenvalue weighted by Gasteiger charge is -2.33. The van der Waals surface area contributed by atoms with Crippen LogP contribution in [0.15, 0.2) is 0 Å². The summed E-state index contributed by atoms with van der Waals surface area (Å²) in [5.74, 6) is 0.873. The molecule has 2 aliphatic heterocycles. The van der Waals surface area contributed by atoms with Crippen molar-refractivity contribution in [1.82, 2.24) is 15.5 Å². The van der Waals surface area contributed by atoms with Crippen molar-refractivity contribution >= 4 is 0 Å². The molecule has 2 N–H and O–H groups in total. The molecule has 16 heavy (non-hydrogen) atoms. The first-order chi connectivity index (χ1) is 7.88. The summed E-state index contributed by atoms with van der Waals surface area (Å²) in [5.41, 5.74) is 0. The topological polar surface area (TPSA) is 27.3 Å². The highest BCUT2D eigenvalue weighted by atomic mass is 15.1. The van der Waals surface area contributed by atoms with Crippen LogP contribution in [-0.2, 0) is 0 Å². The SMILES string of the molecule is CCN1CCC(NCC2CCCNC2)CC1. The Bertz CT molecular complexity index is 182. The lowest BCUT2D eigenvalue weighted by atomic mass is 9.98. The Morgan fingerprint density at radius 2 is 2.06 bits per heavy atom. The van der Waals surface area contributed by atoms with Gasteiger partial charge in [-0.05, 0) is 70.9 Å². The fraction of sp³-hybridized carbons (Fsp3) is 1.00. The van der Waals surface area contributed by atoms with Crippen LogP contribution in [0.5, 0.6) is 0 Å². The van der Waals surface area contributed by atoms with Crippen LogP contribution in [0.1, 0.15) is 32.6 Å². The van der Waals surface area contributed by atoms with E-state index in [1.54, 1.807) is 0 Å². The second-order valence-corrected chi connectivity index (χ2v) is 5.33. The second-order valence-electron chi connectivity index (χ2n) is 5.33. The molecule has 0 spiro atoms. The van der Waals surface area contributed by atoms with E-state index in [0.29, 0.717) is 0 Å². The molecule has 2 saturated heterocycles. The average molecular weight is 225 g/mol. The quantitative estimate of drug-likeness (QED) is 0.749. The van der Waals surface area contributed by atoms with Crippen molar-refractivity contribution in [2.24, 2.45) is 5.92 Å². The molecule has 0 aromatic heterocycles. The van der Waals surface area contributed by atoms with Gasteiger partial charge in [0, 0.05) is 6.04 Å². The summed E-state index contributed by atoms with van der Waals surface area (Å²) >= 11 is 0. The van der Waals surface area contributed by atoms with Crippen LogP contribution in [0, 0.1) is 5.92 Å². The van der Waals surface area contributed by atoms with Gasteiger partial charge in [-0.25, -0.2) is 0 Å². The van der Waals surface area contributed by atoms with Crippen LogP contribution < -0.4 is 10.6 Å². The van der Waals surface area contributed by atoms with Crippen LogP contribution in [0.25, 0.3) is 0 Å². The molecule has 94 valence electrons. The Morgan fingerprint density at radius 3 is 2.69 bits per heavy atom. The molecule has 0 aliphatic carbocycles. The van der Waals surface area contributed by atoms with Crippen molar-refractivity contribution in [1.29, 1.82) is 0 Å². The second kappa shape index (κ2) is 6.58. The molecular formula is C13H27N3. The first-order valence-electron chi connectivity index (χ1n) is 7.05. The maximum Gasteiger partial charge on any atom is 0.00915 e. The molecule has 2 aliphatic rings. The van der Waals surface area contributed by atoms with Crippen LogP contribution >= 0.6 is 0 Å². The fourth-order valence-corrected chi connectivity index (χ4v) is 2.88. The number of hydrogen-bond acceptors (Lipinski definition) is 3. The van der Waals surface area contributed by atoms with Gasteiger partial charge in [-0.2, -0.15) is 0 Å². The predicted octanol–water partition coefficient (Wildman–Crippen LogP) is 1.06. The molecule has 1 atom stereocenters. The van der Waals surface area contributed by atoms with Crippen LogP contribution in [0.2, 0.25) is 0 Å². The smallest absolute Gasteiger partial charge is 0.00915 e. The highest BCUT2D eigenvalue weighted by Gasteiger charge is 2.19. The molecule has 0 saturated carbocycles. The van der Waals surface area contributed by atoms with Crippen molar-refractivity contribution < 1.29 is 0 Å². The van der Waals surface area contributed by atoms with Gasteiger partial charge in [0.25, 0.3) is 0 Å². The number of rotatable bonds is 4. The summed E-state index contributed by atoms with van der Waals surface area (Å²) in [6.07, 6.45) is 5.45. The first kappa shape index (κ1) is 12.3. The molecule has 0 amide bonds. The van der Waals surface area contributed by atoms with E-state index >= 15 is 0 Å². The van der Waals surface area contributed by atoms with Gasteiger partial charge in [0.1, 0.15) is 0 Å². The molecule has 0 aromatic rings. The Labute approximate surface area is 100.0 Å². The molecule has 3 nitrogen and oxygen atoms in total. The number of nitrogens with one attached hydrogen (secondary N) is 2. The van der Waals surface area contributed by atoms with Crippen molar-refractivity contribution in [2.45, 2.75) is 38.6 Å². The maximum atomic E-state index is 3.77. The van der Waals surface area contributed by atoms with E-state index in [1.165, 1.54) is 65.0 Å². The van der Waals surface area contributed by atoms with E-state index in [1.807, 2.05) is 0 Å². The zero-order chi connectivity index (χ0) is 11.2. The molecule has 3 heteroatoms. The predicted molar refractivity (Wildman–Crippen MR) is 68.7 cm³/mol. The fourth-order valence-electron chi connectivity index (χ4n) is 2.88. The molecule has 0 radical (unpaired) electrons. The third-order valence-corrected chi connectivity index (χ3v) is 4.13. The van der Waals surface area contributed by atoms with Crippen LogP contribution in [0.4, 0.5) is 0 Å². The zero-order valence-corrected chi connectivity index (χ0v) is 10.7. The third-order valence-electron chi connectivity index (χ3n) is 4.13. The Hall–Kier alpha value is -0.120. The largest absolute Gasteiger partial charge is 0.316 e. The van der Waals surface area contributed by atoms with Gasteiger partial charge < -0.3 is 15.5 Å². The van der Waals surface area contributed by atoms with Gasteiger partial charge in [-0.1, -0.05) is 6.92 Å². The van der Waals surface area contributed by atoms with Crippen molar-refractivity contribution in [3.8, 4) is 0 Å². The van der Waals surface area contributed by atoms with E-state index < -0.39 is 0 Å². The van der Waals surface area contributed by atoms with Gasteiger partial charge >= 0.3 is 0 Å². The minimum atomic E-state index is 0.782. The van der Waals surface area contributed by atoms with E-state index in [-0.39, 0.29) is 0 Å². The van der Waals surface area contributed by atoms with Gasteiger partial charge in [-0.3, -0.25) is 0 Å². The molecule has 2 heterocycles. The van der Waals surface area contributed by atoms with Crippen LogP contribution in [0.3, 0.4) is 0 Å². The number of hydrogen-bond donors (Lipinski definition) is 2. The summed E-state index contributed by atoms with van der Waals surface area (Å²) in [5, 5.41) is 7.26. The molecule has 1 unspecified atom stereocenters. The molecule has 2 fully saturated rings. The van der Waals surface area contributed by atoms with E-state index in [4.69, 9.17) is 0 Å². The molecule has 0 aromatic carbocycles. The Morgan fingerprint density at radius 1 is 1.25 bits per heavy atom. The number of likely N-dealkylation sites (tertiary alicyclic amines) is 1. The third kappa shape index (κ3) is 3.72. The minimum absolute atomic E-state index is 0.782. The zero-order valence-electron chi connectivity index (χ0n) is 10.7. The highest BCUT2D eigenvalue weighted by Crippen LogP contribution is 2.12. The molecular weight excluding hydrogens is 198 g/mol. The molecule has 0 bridgehead atoms. The standard InChI is InChI=1S/C13H27N3/c1-2-16-8-5-13(6-9-16)15-11-12-4-3-7-14-10-12/h12-15H,2-11H2,1H3. The van der Waals surface area contributed by atoms with E-state index in [2.05, 4.69) is 22.5 Å². The Balaban J connectivity index is 1.59. The summed E-state index contributed by atoms with van der Waals surface area (Å²) < 4.78 is 0. The average Bonchev–Trinajstić information content (AvgIpc) is 2.38. The minimum Gasteiger partial charge on any atom is -0.316 e. The van der Waals surface area contributed by atoms with E-state index in [0.717, 1.165) is 12.0 Å². The highest BCUT2D eigenvalue weighted by molar-refractivity contribution is 4.79. The lowest BCUT2D eigenvalue weighted by molar-refractivity contribution is 0.200. The lowest BCUT2D eigenvalue weighted by Crippen LogP contribution is -2.45. The van der Waals surface area contributed by atoms with Gasteiger partial charge in [0.2, 0.25) is 0 Å². The summed E-state index contributed by atoms with van der Waals surface area (Å²) in [7, 11) is 0. The van der Waals surface area contributed by atoms with E-state index in [9.17, 15) is 0 Å². The van der Waals surface area contributed by atoms with Crippen molar-refractivity contribution in [3.63, 3.8) is 0 Å². The van der Waals surface area contributed by atoms with Gasteiger partial charge in [0.15, 0.2) is 0 Å². The van der Waals surface area contributed by atoms with Crippen molar-refractivity contribution in [3.05, 3.63) is 0 Å². The van der Waals surface area contributed by atoms with Gasteiger partial charge in [0.05, 0.1) is 0 Å². The summed E-state index contributed by atoms with van der Waals surface area (Å²) in [6, 6.07) is 0.782. The summed E-state index contributed by atoms with van der Waals surface area (Å²) in [6.45, 7) is 9.74. The van der Waals surface area contributed by atoms with Gasteiger partial charge in [-0.15, -0.1) is 0 Å².